The number of allylic oxidation sites excluding steroid dienone is 2. The van der Waals surface area contributed by atoms with E-state index in [1.165, 1.54) is 17.7 Å². The maximum absolute atomic E-state index is 13.3. The van der Waals surface area contributed by atoms with Gasteiger partial charge < -0.3 is 0 Å². The summed E-state index contributed by atoms with van der Waals surface area (Å²) in [6.07, 6.45) is 8.26. The summed E-state index contributed by atoms with van der Waals surface area (Å²) < 4.78 is 13.3. The number of fused-ring (bicyclic) bond motifs is 1. The van der Waals surface area contributed by atoms with E-state index >= 15 is 0 Å². The van der Waals surface area contributed by atoms with E-state index in [-0.39, 0.29) is 5.82 Å². The number of aromatic nitrogens is 1. The summed E-state index contributed by atoms with van der Waals surface area (Å²) in [5.74, 6) is 6.17. The highest BCUT2D eigenvalue weighted by Crippen LogP contribution is 2.19. The molecule has 0 aliphatic heterocycles. The number of hydrogen-bond acceptors (Lipinski definition) is 1. The Balaban J connectivity index is 1.47. The molecule has 0 fully saturated rings. The summed E-state index contributed by atoms with van der Waals surface area (Å²) >= 11 is 0. The fourth-order valence-corrected chi connectivity index (χ4v) is 3.32. The maximum Gasteiger partial charge on any atom is 0.123 e. The molecule has 1 nitrogen and oxygen atoms in total. The number of hydrogen-bond donors (Lipinski definition) is 0. The lowest BCUT2D eigenvalue weighted by Crippen LogP contribution is -1.88. The van der Waals surface area contributed by atoms with Gasteiger partial charge in [0.25, 0.3) is 0 Å². The summed E-state index contributed by atoms with van der Waals surface area (Å²) in [5, 5.41) is 1.86. The molecule has 4 rings (SSSR count). The predicted octanol–water partition coefficient (Wildman–Crippen LogP) is 6.95. The molecule has 0 radical (unpaired) electrons. The fraction of sp³-hybridized carbons (Fsp3) is 0.107. The standard InChI is InChI=1S/C28H22FN/c1-2-3-4-5-23-11-17-28(30-20-23)24-12-8-21(9-13-24)6-7-22-10-14-26-19-27(29)16-15-25(26)18-22/h2-3,8-20H,4-5H2,1H3/b3-2+. The van der Waals surface area contributed by atoms with Crippen molar-refractivity contribution in [1.29, 1.82) is 0 Å². The topological polar surface area (TPSA) is 12.9 Å². The fourth-order valence-electron chi connectivity index (χ4n) is 3.32. The Morgan fingerprint density at radius 2 is 1.57 bits per heavy atom. The van der Waals surface area contributed by atoms with Crippen LogP contribution in [-0.4, -0.2) is 4.98 Å². The smallest absolute Gasteiger partial charge is 0.123 e. The quantitative estimate of drug-likeness (QED) is 0.271. The van der Waals surface area contributed by atoms with Crippen LogP contribution < -0.4 is 0 Å². The van der Waals surface area contributed by atoms with Gasteiger partial charge in [-0.2, -0.15) is 0 Å². The number of halogens is 1. The second-order valence-corrected chi connectivity index (χ2v) is 7.19. The third-order valence-corrected chi connectivity index (χ3v) is 4.99. The third kappa shape index (κ3) is 4.82. The summed E-state index contributed by atoms with van der Waals surface area (Å²) in [7, 11) is 0. The minimum atomic E-state index is -0.223. The van der Waals surface area contributed by atoms with Crippen LogP contribution in [0.15, 0.2) is 91.1 Å². The first-order chi connectivity index (χ1) is 14.7. The van der Waals surface area contributed by atoms with Crippen LogP contribution in [0.3, 0.4) is 0 Å². The molecule has 30 heavy (non-hydrogen) atoms. The van der Waals surface area contributed by atoms with Crippen LogP contribution in [0, 0.1) is 17.7 Å². The molecular weight excluding hydrogens is 369 g/mol. The van der Waals surface area contributed by atoms with E-state index in [1.54, 1.807) is 6.07 Å². The Bertz CT molecular complexity index is 1240. The van der Waals surface area contributed by atoms with Gasteiger partial charge in [0.15, 0.2) is 0 Å². The zero-order valence-corrected chi connectivity index (χ0v) is 16.9. The first-order valence-corrected chi connectivity index (χ1v) is 10.1. The Kier molecular flexibility index (Phi) is 6.01. The molecule has 146 valence electrons. The highest BCUT2D eigenvalue weighted by atomic mass is 19.1. The first-order valence-electron chi connectivity index (χ1n) is 10.1. The van der Waals surface area contributed by atoms with E-state index in [4.69, 9.17) is 0 Å². The molecule has 3 aromatic carbocycles. The molecule has 0 N–H and O–H groups in total. The van der Waals surface area contributed by atoms with Gasteiger partial charge in [-0.15, -0.1) is 0 Å². The second kappa shape index (κ2) is 9.20. The van der Waals surface area contributed by atoms with Gasteiger partial charge in [-0.3, -0.25) is 4.98 Å². The number of rotatable bonds is 4. The number of benzene rings is 3. The van der Waals surface area contributed by atoms with Crippen molar-refractivity contribution in [3.8, 4) is 23.1 Å². The summed E-state index contributed by atoms with van der Waals surface area (Å²) in [6, 6.07) is 22.9. The van der Waals surface area contributed by atoms with Gasteiger partial charge in [0.05, 0.1) is 5.69 Å². The number of aryl methyl sites for hydroxylation is 1. The molecule has 0 saturated heterocycles. The Hall–Kier alpha value is -3.70. The Labute approximate surface area is 176 Å². The molecule has 1 aromatic heterocycles. The van der Waals surface area contributed by atoms with Crippen LogP contribution in [0.25, 0.3) is 22.0 Å². The van der Waals surface area contributed by atoms with Crippen molar-refractivity contribution in [1.82, 2.24) is 4.98 Å². The van der Waals surface area contributed by atoms with Crippen LogP contribution in [0.1, 0.15) is 30.0 Å². The molecule has 0 aliphatic rings. The first kappa shape index (κ1) is 19.6. The third-order valence-electron chi connectivity index (χ3n) is 4.99. The molecule has 0 amide bonds. The zero-order valence-electron chi connectivity index (χ0n) is 16.9. The van der Waals surface area contributed by atoms with Crippen LogP contribution in [-0.2, 0) is 6.42 Å². The SMILES string of the molecule is C/C=C/CCc1ccc(-c2ccc(C#Cc3ccc4cc(F)ccc4c3)cc2)nc1. The Morgan fingerprint density at radius 3 is 2.33 bits per heavy atom. The van der Waals surface area contributed by atoms with E-state index in [9.17, 15) is 4.39 Å². The lowest BCUT2D eigenvalue weighted by molar-refractivity contribution is 0.630. The average Bonchev–Trinajstić information content (AvgIpc) is 2.79. The van der Waals surface area contributed by atoms with Crippen LogP contribution in [0.5, 0.6) is 0 Å². The summed E-state index contributed by atoms with van der Waals surface area (Å²) in [6.45, 7) is 2.04. The van der Waals surface area contributed by atoms with Crippen molar-refractivity contribution >= 4 is 10.8 Å². The Morgan fingerprint density at radius 1 is 0.833 bits per heavy atom. The zero-order chi connectivity index (χ0) is 20.8. The van der Waals surface area contributed by atoms with E-state index < -0.39 is 0 Å². The average molecular weight is 391 g/mol. The maximum atomic E-state index is 13.3. The predicted molar refractivity (Wildman–Crippen MR) is 123 cm³/mol. The van der Waals surface area contributed by atoms with Gasteiger partial charge in [-0.1, -0.05) is 54.3 Å². The number of pyridine rings is 1. The number of nitrogens with zero attached hydrogens (tertiary/aromatic N) is 1. The largest absolute Gasteiger partial charge is 0.256 e. The molecule has 2 heteroatoms. The van der Waals surface area contributed by atoms with E-state index in [1.807, 2.05) is 43.5 Å². The van der Waals surface area contributed by atoms with Crippen LogP contribution in [0.4, 0.5) is 4.39 Å². The van der Waals surface area contributed by atoms with Gasteiger partial charge in [-0.25, -0.2) is 4.39 Å². The van der Waals surface area contributed by atoms with Gasteiger partial charge in [0.1, 0.15) is 5.82 Å². The molecule has 0 spiro atoms. The minimum absolute atomic E-state index is 0.223. The van der Waals surface area contributed by atoms with Crippen molar-refractivity contribution in [3.63, 3.8) is 0 Å². The lowest BCUT2D eigenvalue weighted by atomic mass is 10.1. The highest BCUT2D eigenvalue weighted by Gasteiger charge is 2.00. The van der Waals surface area contributed by atoms with E-state index in [0.717, 1.165) is 46.0 Å². The van der Waals surface area contributed by atoms with Crippen LogP contribution in [0.2, 0.25) is 0 Å². The van der Waals surface area contributed by atoms with Gasteiger partial charge in [-0.05, 0) is 78.6 Å². The van der Waals surface area contributed by atoms with Crippen molar-refractivity contribution in [2.45, 2.75) is 19.8 Å². The molecular formula is C28H22FN. The minimum Gasteiger partial charge on any atom is -0.256 e. The molecule has 4 aromatic rings. The van der Waals surface area contributed by atoms with E-state index in [2.05, 4.69) is 53.2 Å². The second-order valence-electron chi connectivity index (χ2n) is 7.19. The van der Waals surface area contributed by atoms with Crippen molar-refractivity contribution < 1.29 is 4.39 Å². The summed E-state index contributed by atoms with van der Waals surface area (Å²) in [5.41, 5.74) is 5.14. The van der Waals surface area contributed by atoms with E-state index in [0.29, 0.717) is 0 Å². The monoisotopic (exact) mass is 391 g/mol. The highest BCUT2D eigenvalue weighted by molar-refractivity contribution is 5.84. The molecule has 0 unspecified atom stereocenters. The van der Waals surface area contributed by atoms with Crippen LogP contribution >= 0.6 is 0 Å². The van der Waals surface area contributed by atoms with Gasteiger partial charge in [0.2, 0.25) is 0 Å². The molecule has 0 aliphatic carbocycles. The lowest BCUT2D eigenvalue weighted by Gasteiger charge is -2.03. The van der Waals surface area contributed by atoms with Crippen molar-refractivity contribution in [2.75, 3.05) is 0 Å². The molecule has 0 bridgehead atoms. The van der Waals surface area contributed by atoms with Gasteiger partial charge >= 0.3 is 0 Å². The summed E-state index contributed by atoms with van der Waals surface area (Å²) in [4.78, 5) is 4.60. The molecule has 0 atom stereocenters. The molecule has 1 heterocycles. The van der Waals surface area contributed by atoms with Crippen molar-refractivity contribution in [3.05, 3.63) is 114 Å². The molecule has 0 saturated carbocycles. The van der Waals surface area contributed by atoms with Crippen molar-refractivity contribution in [2.24, 2.45) is 0 Å². The van der Waals surface area contributed by atoms with Gasteiger partial charge in [0, 0.05) is 22.9 Å². The normalized spacial score (nSPS) is 10.9.